The highest BCUT2D eigenvalue weighted by Gasteiger charge is 2.28. The van der Waals surface area contributed by atoms with Crippen LogP contribution in [0.5, 0.6) is 0 Å². The quantitative estimate of drug-likeness (QED) is 0.151. The Labute approximate surface area is 266 Å². The number of hydrogen-bond acceptors (Lipinski definition) is 10. The van der Waals surface area contributed by atoms with Crippen LogP contribution in [0, 0.1) is 22.7 Å². The Bertz CT molecular complexity index is 1880. The summed E-state index contributed by atoms with van der Waals surface area (Å²) in [6.07, 6.45) is 5.37. The van der Waals surface area contributed by atoms with E-state index in [2.05, 4.69) is 42.5 Å². The van der Waals surface area contributed by atoms with Gasteiger partial charge in [-0.3, -0.25) is 0 Å². The van der Waals surface area contributed by atoms with Gasteiger partial charge in [-0.05, 0) is 39.3 Å². The van der Waals surface area contributed by atoms with Crippen molar-refractivity contribution in [2.75, 3.05) is 21.7 Å². The van der Waals surface area contributed by atoms with Crippen molar-refractivity contribution in [2.24, 2.45) is 0 Å². The standard InChI is InChI=1S/C30H18N2S8/c31-11-18(12-32)5-3-4-17-8-9-21-22(10-17)26(30-38-24-14-34-16-36-28(24)40-30)20-7-2-1-6-19(20)25(21)29-37-23-13-33-15-35-27(23)39-29/h1-10H,13-16H2/b4-3+,29-25+,30-26-. The smallest absolute Gasteiger partial charge is 0.129 e. The van der Waals surface area contributed by atoms with Crippen LogP contribution in [0.15, 0.2) is 78.5 Å². The van der Waals surface area contributed by atoms with Crippen LogP contribution in [0.2, 0.25) is 0 Å². The summed E-state index contributed by atoms with van der Waals surface area (Å²) in [5, 5.41) is 28.3. The van der Waals surface area contributed by atoms with Gasteiger partial charge in [0.25, 0.3) is 0 Å². The van der Waals surface area contributed by atoms with E-state index in [0.29, 0.717) is 0 Å². The number of nitrogens with zero attached hydrogens (tertiary/aromatic N) is 2. The first-order valence-electron chi connectivity index (χ1n) is 12.2. The zero-order valence-electron chi connectivity index (χ0n) is 20.8. The van der Waals surface area contributed by atoms with Gasteiger partial charge in [-0.2, -0.15) is 10.5 Å². The Hall–Kier alpha value is -1.34. The third-order valence-electron chi connectivity index (χ3n) is 6.52. The van der Waals surface area contributed by atoms with Crippen molar-refractivity contribution in [2.45, 2.75) is 0 Å². The van der Waals surface area contributed by atoms with Crippen LogP contribution < -0.4 is 10.4 Å². The molecule has 3 aromatic carbocycles. The lowest BCUT2D eigenvalue weighted by Crippen LogP contribution is -2.17. The van der Waals surface area contributed by atoms with Crippen LogP contribution in [-0.2, 0) is 0 Å². The molecule has 196 valence electrons. The van der Waals surface area contributed by atoms with E-state index in [1.165, 1.54) is 58.7 Å². The van der Waals surface area contributed by atoms with Crippen LogP contribution >= 0.6 is 94.1 Å². The minimum Gasteiger partial charge on any atom is -0.192 e. The van der Waals surface area contributed by atoms with Crippen molar-refractivity contribution in [3.63, 3.8) is 0 Å². The molecule has 0 saturated carbocycles. The molecule has 4 heterocycles. The Morgan fingerprint density at radius 1 is 0.675 bits per heavy atom. The number of rotatable bonds is 2. The van der Waals surface area contributed by atoms with Crippen molar-refractivity contribution in [3.05, 3.63) is 94.5 Å². The second-order valence-corrected chi connectivity index (χ2v) is 18.8. The van der Waals surface area contributed by atoms with Crippen LogP contribution in [0.4, 0.5) is 0 Å². The Kier molecular flexibility index (Phi) is 8.32. The maximum absolute atomic E-state index is 9.12. The summed E-state index contributed by atoms with van der Waals surface area (Å²) in [4.78, 5) is 2.99. The molecule has 0 amide bonds. The summed E-state index contributed by atoms with van der Waals surface area (Å²) >= 11 is 15.8. The zero-order valence-corrected chi connectivity index (χ0v) is 27.3. The van der Waals surface area contributed by atoms with E-state index in [1.807, 2.05) is 112 Å². The summed E-state index contributed by atoms with van der Waals surface area (Å²) in [6, 6.07) is 19.5. The zero-order chi connectivity index (χ0) is 27.1. The number of nitriles is 2. The van der Waals surface area contributed by atoms with Crippen molar-refractivity contribution in [3.8, 4) is 12.1 Å². The van der Waals surface area contributed by atoms with Gasteiger partial charge in [0.15, 0.2) is 0 Å². The normalized spacial score (nSPS) is 21.6. The molecular weight excluding hydrogens is 645 g/mol. The topological polar surface area (TPSA) is 47.6 Å². The Morgan fingerprint density at radius 3 is 1.82 bits per heavy atom. The molecule has 7 rings (SSSR count). The number of hydrogen-bond donors (Lipinski definition) is 0. The van der Waals surface area contributed by atoms with Gasteiger partial charge in [-0.25, -0.2) is 0 Å². The predicted molar refractivity (Wildman–Crippen MR) is 190 cm³/mol. The monoisotopic (exact) mass is 662 g/mol. The highest BCUT2D eigenvalue weighted by Crippen LogP contribution is 2.59. The fraction of sp³-hybridized carbons (Fsp3) is 0.133. The molecule has 0 saturated heterocycles. The van der Waals surface area contributed by atoms with E-state index >= 15 is 0 Å². The van der Waals surface area contributed by atoms with Gasteiger partial charge < -0.3 is 0 Å². The first-order chi connectivity index (χ1) is 19.7. The minimum absolute atomic E-state index is 0.103. The predicted octanol–water partition coefficient (Wildman–Crippen LogP) is 9.28. The Morgan fingerprint density at radius 2 is 1.25 bits per heavy atom. The average Bonchev–Trinajstić information content (AvgIpc) is 3.62. The number of allylic oxidation sites excluding steroid dienone is 3. The molecule has 4 aliphatic heterocycles. The fourth-order valence-electron chi connectivity index (χ4n) is 4.79. The minimum atomic E-state index is 0.103. The molecule has 0 N–H and O–H groups in total. The van der Waals surface area contributed by atoms with Crippen LogP contribution in [0.25, 0.3) is 36.1 Å². The highest BCUT2D eigenvalue weighted by atomic mass is 32.3. The summed E-state index contributed by atoms with van der Waals surface area (Å²) in [6.45, 7) is 0. The van der Waals surface area contributed by atoms with Gasteiger partial charge in [-0.1, -0.05) is 95.6 Å². The molecule has 0 atom stereocenters. The summed E-state index contributed by atoms with van der Waals surface area (Å²) in [5.41, 5.74) is 1.16. The molecular formula is C30H18N2S8. The molecule has 3 aromatic rings. The van der Waals surface area contributed by atoms with Crippen molar-refractivity contribution >= 4 is 130 Å². The van der Waals surface area contributed by atoms with Crippen molar-refractivity contribution in [1.82, 2.24) is 0 Å². The fourth-order valence-corrected chi connectivity index (χ4v) is 16.7. The lowest BCUT2D eigenvalue weighted by atomic mass is 9.97. The van der Waals surface area contributed by atoms with E-state index in [9.17, 15) is 0 Å². The highest BCUT2D eigenvalue weighted by molar-refractivity contribution is 8.44. The molecule has 0 aromatic heterocycles. The van der Waals surface area contributed by atoms with E-state index in [0.717, 1.165) is 27.2 Å². The molecule has 0 aliphatic carbocycles. The molecule has 10 heteroatoms. The molecule has 0 unspecified atom stereocenters. The molecule has 0 spiro atoms. The summed E-state index contributed by atoms with van der Waals surface area (Å²) in [7, 11) is 0. The molecule has 4 aliphatic rings. The summed E-state index contributed by atoms with van der Waals surface area (Å²) in [5.74, 6) is 2.20. The van der Waals surface area contributed by atoms with Gasteiger partial charge in [0.05, 0.1) is 16.9 Å². The van der Waals surface area contributed by atoms with Crippen molar-refractivity contribution in [1.29, 1.82) is 10.5 Å². The van der Waals surface area contributed by atoms with Crippen LogP contribution in [0.3, 0.4) is 0 Å². The third kappa shape index (κ3) is 5.20. The largest absolute Gasteiger partial charge is 0.192 e. The van der Waals surface area contributed by atoms with Gasteiger partial charge in [0.2, 0.25) is 0 Å². The van der Waals surface area contributed by atoms with E-state index in [1.54, 1.807) is 12.2 Å². The second kappa shape index (κ2) is 12.1. The second-order valence-electron chi connectivity index (χ2n) is 8.89. The van der Waals surface area contributed by atoms with Crippen LogP contribution in [0.1, 0.15) is 5.56 Å². The SMILES string of the molecule is N#CC(C#N)=C/C=C/c1ccc2/c(=C3\SC4=C(SCSC4)S3)c3ccccc3/c(=C3\SC4=C(SCSC4)S3)c2c1. The van der Waals surface area contributed by atoms with Gasteiger partial charge in [0, 0.05) is 41.9 Å². The van der Waals surface area contributed by atoms with E-state index in [-0.39, 0.29) is 5.57 Å². The lowest BCUT2D eigenvalue weighted by molar-refractivity contribution is 1.46. The van der Waals surface area contributed by atoms with Gasteiger partial charge in [0.1, 0.15) is 17.7 Å². The molecule has 0 bridgehead atoms. The lowest BCUT2D eigenvalue weighted by Gasteiger charge is -2.12. The number of thioether (sulfide) groups is 8. The molecule has 40 heavy (non-hydrogen) atoms. The summed E-state index contributed by atoms with van der Waals surface area (Å²) < 4.78 is 5.68. The van der Waals surface area contributed by atoms with Gasteiger partial charge >= 0.3 is 0 Å². The Balaban J connectivity index is 1.51. The third-order valence-corrected chi connectivity index (χ3v) is 17.5. The van der Waals surface area contributed by atoms with E-state index < -0.39 is 0 Å². The first-order valence-corrected chi connectivity index (χ1v) is 19.8. The molecule has 0 radical (unpaired) electrons. The number of benzene rings is 3. The maximum atomic E-state index is 9.12. The molecule has 2 nitrogen and oxygen atoms in total. The van der Waals surface area contributed by atoms with Gasteiger partial charge in [-0.15, -0.1) is 47.0 Å². The first kappa shape index (κ1) is 27.5. The average molecular weight is 663 g/mol. The number of fused-ring (bicyclic) bond motifs is 2. The van der Waals surface area contributed by atoms with Crippen molar-refractivity contribution < 1.29 is 0 Å². The maximum Gasteiger partial charge on any atom is 0.129 e. The van der Waals surface area contributed by atoms with E-state index in [4.69, 9.17) is 10.5 Å². The van der Waals surface area contributed by atoms with Crippen LogP contribution in [-0.4, -0.2) is 21.7 Å². The molecule has 0 fully saturated rings.